The molecule has 31 heavy (non-hydrogen) atoms. The van der Waals surface area contributed by atoms with E-state index >= 15 is 0 Å². The molecule has 0 N–H and O–H groups in total. The van der Waals surface area contributed by atoms with Crippen molar-refractivity contribution in [2.45, 2.75) is 63.7 Å². The van der Waals surface area contributed by atoms with E-state index in [1.807, 2.05) is 0 Å². The molecule has 0 aliphatic carbocycles. The number of hydrogen-bond donors (Lipinski definition) is 0. The van der Waals surface area contributed by atoms with Gasteiger partial charge in [-0.3, -0.25) is 0 Å². The molecule has 0 heterocycles. The van der Waals surface area contributed by atoms with E-state index in [0.717, 1.165) is 12.1 Å². The van der Waals surface area contributed by atoms with Gasteiger partial charge in [0.25, 0.3) is 0 Å². The number of hydrogen-bond acceptors (Lipinski definition) is 3. The van der Waals surface area contributed by atoms with Gasteiger partial charge in [0.1, 0.15) is 13.9 Å². The summed E-state index contributed by atoms with van der Waals surface area (Å²) in [6.07, 6.45) is 0. The van der Waals surface area contributed by atoms with Crippen LogP contribution in [0, 0.1) is 17.3 Å². The van der Waals surface area contributed by atoms with E-state index in [2.05, 4.69) is 57.2 Å². The lowest BCUT2D eigenvalue weighted by Gasteiger charge is -2.38. The highest BCUT2D eigenvalue weighted by molar-refractivity contribution is 7.88. The molecule has 0 unspecified atom stereocenters. The third-order valence-electron chi connectivity index (χ3n) is 5.71. The van der Waals surface area contributed by atoms with Crippen LogP contribution in [-0.4, -0.2) is 22.0 Å². The van der Waals surface area contributed by atoms with Gasteiger partial charge >= 0.3 is 15.6 Å². The Balaban J connectivity index is 2.80. The fraction of sp³-hybridized carbons (Fsp3) is 0.455. The van der Waals surface area contributed by atoms with Crippen molar-refractivity contribution in [3.05, 3.63) is 41.7 Å². The van der Waals surface area contributed by atoms with Crippen LogP contribution in [0.25, 0.3) is 10.8 Å². The first-order chi connectivity index (χ1) is 14.1. The quantitative estimate of drug-likeness (QED) is 0.158. The first-order valence-corrected chi connectivity index (χ1v) is 13.5. The van der Waals surface area contributed by atoms with Gasteiger partial charge in [-0.25, -0.2) is 4.39 Å². The SMILES string of the molecule is CC(C)[Si](C#Cc1cccc2c(F)ccc(OS(=O)(=O)C(F)(F)F)c12)(C(C)C)C(C)C. The highest BCUT2D eigenvalue weighted by Crippen LogP contribution is 2.41. The van der Waals surface area contributed by atoms with Crippen LogP contribution in [0.2, 0.25) is 16.6 Å². The monoisotopic (exact) mass is 474 g/mol. The second kappa shape index (κ2) is 8.83. The van der Waals surface area contributed by atoms with E-state index in [9.17, 15) is 26.0 Å². The van der Waals surface area contributed by atoms with Crippen LogP contribution >= 0.6 is 0 Å². The molecule has 0 saturated heterocycles. The summed E-state index contributed by atoms with van der Waals surface area (Å²) in [6.45, 7) is 12.6. The average molecular weight is 475 g/mol. The maximum absolute atomic E-state index is 14.4. The fourth-order valence-corrected chi connectivity index (χ4v) is 9.97. The van der Waals surface area contributed by atoms with Crippen LogP contribution in [0.3, 0.4) is 0 Å². The molecule has 0 spiro atoms. The van der Waals surface area contributed by atoms with Crippen LogP contribution in [0.5, 0.6) is 5.75 Å². The molecule has 0 bridgehead atoms. The van der Waals surface area contributed by atoms with Gasteiger partial charge in [-0.05, 0) is 34.8 Å². The Morgan fingerprint density at radius 3 is 1.97 bits per heavy atom. The molecule has 0 aliphatic heterocycles. The Morgan fingerprint density at radius 1 is 0.935 bits per heavy atom. The summed E-state index contributed by atoms with van der Waals surface area (Å²) in [4.78, 5) is 0. The Bertz CT molecular complexity index is 1110. The van der Waals surface area contributed by atoms with Crippen molar-refractivity contribution in [2.24, 2.45) is 0 Å². The first kappa shape index (κ1) is 25.2. The normalized spacial score (nSPS) is 13.1. The Kier molecular flexibility index (Phi) is 7.18. The second-order valence-corrected chi connectivity index (χ2v) is 15.5. The van der Waals surface area contributed by atoms with E-state index in [4.69, 9.17) is 0 Å². The summed E-state index contributed by atoms with van der Waals surface area (Å²) in [5, 5.41) is -0.158. The smallest absolute Gasteiger partial charge is 0.375 e. The van der Waals surface area contributed by atoms with E-state index in [0.29, 0.717) is 16.6 Å². The molecule has 0 aromatic heterocycles. The van der Waals surface area contributed by atoms with Crippen molar-refractivity contribution >= 4 is 29.0 Å². The number of fused-ring (bicyclic) bond motifs is 1. The average Bonchev–Trinajstić information content (AvgIpc) is 2.62. The largest absolute Gasteiger partial charge is 0.534 e. The number of halogens is 4. The lowest BCUT2D eigenvalue weighted by Crippen LogP contribution is -2.43. The molecule has 2 rings (SSSR count). The van der Waals surface area contributed by atoms with E-state index in [1.54, 1.807) is 0 Å². The van der Waals surface area contributed by atoms with Crippen LogP contribution in [0.1, 0.15) is 47.1 Å². The van der Waals surface area contributed by atoms with Gasteiger partial charge in [-0.2, -0.15) is 21.6 Å². The molecule has 2 aromatic carbocycles. The molecule has 3 nitrogen and oxygen atoms in total. The minimum absolute atomic E-state index is 0.0624. The lowest BCUT2D eigenvalue weighted by molar-refractivity contribution is -0.0499. The zero-order chi connectivity index (χ0) is 23.8. The summed E-state index contributed by atoms with van der Waals surface area (Å²) in [6, 6.07) is 6.16. The van der Waals surface area contributed by atoms with Crippen LogP contribution in [-0.2, 0) is 10.1 Å². The topological polar surface area (TPSA) is 43.4 Å². The van der Waals surface area contributed by atoms with Crippen molar-refractivity contribution in [3.63, 3.8) is 0 Å². The highest BCUT2D eigenvalue weighted by atomic mass is 32.2. The Hall–Kier alpha value is -2.05. The maximum atomic E-state index is 14.4. The summed E-state index contributed by atoms with van der Waals surface area (Å²) in [7, 11) is -8.12. The van der Waals surface area contributed by atoms with E-state index in [1.165, 1.54) is 18.2 Å². The molecule has 2 aromatic rings. The van der Waals surface area contributed by atoms with Crippen LogP contribution in [0.15, 0.2) is 30.3 Å². The minimum Gasteiger partial charge on any atom is -0.375 e. The Labute approximate surface area is 181 Å². The molecule has 0 aliphatic rings. The lowest BCUT2D eigenvalue weighted by atomic mass is 10.0. The summed E-state index contributed by atoms with van der Waals surface area (Å²) in [5.74, 6) is 1.73. The van der Waals surface area contributed by atoms with Crippen molar-refractivity contribution in [1.29, 1.82) is 0 Å². The van der Waals surface area contributed by atoms with Crippen molar-refractivity contribution in [3.8, 4) is 17.2 Å². The summed E-state index contributed by atoms with van der Waals surface area (Å²) in [5.41, 5.74) is -1.07. The molecule has 0 saturated carbocycles. The van der Waals surface area contributed by atoms with Gasteiger partial charge in [0.15, 0.2) is 5.75 Å². The molecule has 0 fully saturated rings. The standard InChI is InChI=1S/C22H26F4O3SSi/c1-14(2)31(15(3)4,16(5)6)13-12-17-8-7-9-18-19(23)10-11-20(21(17)18)29-30(27,28)22(24,25)26/h7-11,14-16H,1-6H3. The molecular weight excluding hydrogens is 448 g/mol. The van der Waals surface area contributed by atoms with Crippen molar-refractivity contribution in [2.75, 3.05) is 0 Å². The summed E-state index contributed by atoms with van der Waals surface area (Å²) >= 11 is 0. The van der Waals surface area contributed by atoms with Gasteiger partial charge in [-0.15, -0.1) is 5.54 Å². The van der Waals surface area contributed by atoms with E-state index in [-0.39, 0.29) is 16.3 Å². The van der Waals surface area contributed by atoms with Gasteiger partial charge in [0.05, 0.1) is 0 Å². The van der Waals surface area contributed by atoms with E-state index < -0.39 is 35.3 Å². The van der Waals surface area contributed by atoms with Crippen molar-refractivity contribution in [1.82, 2.24) is 0 Å². The van der Waals surface area contributed by atoms with Crippen LogP contribution in [0.4, 0.5) is 17.6 Å². The minimum atomic E-state index is -5.92. The molecule has 0 amide bonds. The second-order valence-electron chi connectivity index (χ2n) is 8.40. The number of rotatable bonds is 5. The Morgan fingerprint density at radius 2 is 1.48 bits per heavy atom. The molecule has 9 heteroatoms. The van der Waals surface area contributed by atoms with Gasteiger partial charge in [-0.1, -0.05) is 59.6 Å². The number of benzene rings is 2. The molecule has 0 atom stereocenters. The molecular formula is C22H26F4O3SSi. The third-order valence-corrected chi connectivity index (χ3v) is 13.0. The van der Waals surface area contributed by atoms with Crippen LogP contribution < -0.4 is 4.18 Å². The number of alkyl halides is 3. The maximum Gasteiger partial charge on any atom is 0.534 e. The highest BCUT2D eigenvalue weighted by Gasteiger charge is 2.49. The predicted octanol–water partition coefficient (Wildman–Crippen LogP) is 6.78. The zero-order valence-corrected chi connectivity index (χ0v) is 20.1. The molecule has 0 radical (unpaired) electrons. The fourth-order valence-electron chi connectivity index (χ4n) is 4.29. The van der Waals surface area contributed by atoms with Gasteiger partial charge in [0, 0.05) is 16.3 Å². The van der Waals surface area contributed by atoms with Gasteiger partial charge < -0.3 is 4.18 Å². The molecule has 170 valence electrons. The third kappa shape index (κ3) is 4.75. The predicted molar refractivity (Wildman–Crippen MR) is 117 cm³/mol. The summed E-state index contributed by atoms with van der Waals surface area (Å²) < 4.78 is 80.5. The first-order valence-electron chi connectivity index (χ1n) is 9.90. The van der Waals surface area contributed by atoms with Crippen molar-refractivity contribution < 1.29 is 30.2 Å². The zero-order valence-electron chi connectivity index (χ0n) is 18.3. The van der Waals surface area contributed by atoms with Gasteiger partial charge in [0.2, 0.25) is 0 Å².